The van der Waals surface area contributed by atoms with Crippen LogP contribution in [0, 0.1) is 6.92 Å². The van der Waals surface area contributed by atoms with Crippen molar-refractivity contribution in [2.75, 3.05) is 27.4 Å². The molecule has 3 aromatic heterocycles. The fourth-order valence-electron chi connectivity index (χ4n) is 3.52. The number of hydrogen-bond donors (Lipinski definition) is 1. The summed E-state index contributed by atoms with van der Waals surface area (Å²) in [5, 5.41) is 5.72. The number of benzene rings is 1. The summed E-state index contributed by atoms with van der Waals surface area (Å²) in [6, 6.07) is 9.61. The Hall–Kier alpha value is -3.56. The van der Waals surface area contributed by atoms with Crippen molar-refractivity contribution in [2.24, 2.45) is 0 Å². The van der Waals surface area contributed by atoms with E-state index < -0.39 is 0 Å². The van der Waals surface area contributed by atoms with Gasteiger partial charge < -0.3 is 19.4 Å². The molecule has 0 aliphatic carbocycles. The fourth-order valence-corrected chi connectivity index (χ4v) is 4.30. The van der Waals surface area contributed by atoms with E-state index in [0.717, 1.165) is 39.9 Å². The van der Waals surface area contributed by atoms with Crippen LogP contribution in [-0.4, -0.2) is 52.8 Å². The van der Waals surface area contributed by atoms with Crippen LogP contribution in [0.3, 0.4) is 0 Å². The lowest BCUT2D eigenvalue weighted by Crippen LogP contribution is -2.25. The summed E-state index contributed by atoms with van der Waals surface area (Å²) in [4.78, 5) is 26.2. The van der Waals surface area contributed by atoms with Gasteiger partial charge in [-0.25, -0.2) is 4.98 Å². The maximum Gasteiger partial charge on any atom is 0.253 e. The first-order valence-corrected chi connectivity index (χ1v) is 11.4. The third-order valence-corrected chi connectivity index (χ3v) is 6.05. The van der Waals surface area contributed by atoms with Crippen LogP contribution in [0.1, 0.15) is 22.5 Å². The normalized spacial score (nSPS) is 10.9. The van der Waals surface area contributed by atoms with Crippen molar-refractivity contribution in [3.05, 3.63) is 65.6 Å². The van der Waals surface area contributed by atoms with Crippen LogP contribution in [0.15, 0.2) is 54.3 Å². The van der Waals surface area contributed by atoms with Gasteiger partial charge in [0.25, 0.3) is 5.91 Å². The van der Waals surface area contributed by atoms with Crippen LogP contribution in [0.4, 0.5) is 0 Å². The molecule has 0 unspecified atom stereocenters. The van der Waals surface area contributed by atoms with Gasteiger partial charge in [-0.05, 0) is 43.7 Å². The molecule has 9 heteroatoms. The Morgan fingerprint density at radius 2 is 1.97 bits per heavy atom. The minimum absolute atomic E-state index is 0.124. The first-order chi connectivity index (χ1) is 16.1. The molecule has 8 nitrogen and oxygen atoms in total. The Kier molecular flexibility index (Phi) is 7.11. The SMILES string of the molecule is COCCCNC(=O)c1cc(-c2csc(-c3cnccn3)n2)n(-c2ccc(OC)cc2)c1C. The second kappa shape index (κ2) is 10.4. The van der Waals surface area contributed by atoms with E-state index in [1.54, 1.807) is 32.8 Å². The predicted octanol–water partition coefficient (Wildman–Crippen LogP) is 4.14. The minimum atomic E-state index is -0.124. The van der Waals surface area contributed by atoms with Crippen LogP contribution in [0.25, 0.3) is 27.8 Å². The number of ether oxygens (including phenoxy) is 2. The molecule has 4 rings (SSSR count). The van der Waals surface area contributed by atoms with Crippen LogP contribution >= 0.6 is 11.3 Å². The third-order valence-electron chi connectivity index (χ3n) is 5.18. The number of thiazole rings is 1. The second-order valence-corrected chi connectivity index (χ2v) is 8.15. The van der Waals surface area contributed by atoms with Gasteiger partial charge in [0, 0.05) is 49.4 Å². The van der Waals surface area contributed by atoms with Crippen LogP contribution in [0.2, 0.25) is 0 Å². The summed E-state index contributed by atoms with van der Waals surface area (Å²) in [6.45, 7) is 3.08. The quantitative estimate of drug-likeness (QED) is 0.375. The lowest BCUT2D eigenvalue weighted by Gasteiger charge is -2.12. The molecule has 0 bridgehead atoms. The van der Waals surface area contributed by atoms with Gasteiger partial charge in [0.15, 0.2) is 0 Å². The van der Waals surface area contributed by atoms with Gasteiger partial charge in [0.1, 0.15) is 16.5 Å². The monoisotopic (exact) mass is 463 g/mol. The van der Waals surface area contributed by atoms with E-state index in [-0.39, 0.29) is 5.91 Å². The van der Waals surface area contributed by atoms with Gasteiger partial charge in [0.05, 0.1) is 30.3 Å². The summed E-state index contributed by atoms with van der Waals surface area (Å²) in [5.74, 6) is 0.640. The summed E-state index contributed by atoms with van der Waals surface area (Å²) in [5.41, 5.74) is 4.64. The lowest BCUT2D eigenvalue weighted by molar-refractivity contribution is 0.0948. The molecule has 1 amide bonds. The van der Waals surface area contributed by atoms with Crippen LogP contribution < -0.4 is 10.1 Å². The van der Waals surface area contributed by atoms with E-state index in [0.29, 0.717) is 24.4 Å². The van der Waals surface area contributed by atoms with E-state index >= 15 is 0 Å². The van der Waals surface area contributed by atoms with Gasteiger partial charge in [-0.15, -0.1) is 11.3 Å². The van der Waals surface area contributed by atoms with Crippen molar-refractivity contribution < 1.29 is 14.3 Å². The Morgan fingerprint density at radius 1 is 1.15 bits per heavy atom. The Bertz CT molecular complexity index is 1220. The van der Waals surface area contributed by atoms with E-state index in [2.05, 4.69) is 15.3 Å². The number of methoxy groups -OCH3 is 2. The van der Waals surface area contributed by atoms with Gasteiger partial charge in [-0.2, -0.15) is 0 Å². The first kappa shape index (κ1) is 22.6. The van der Waals surface area contributed by atoms with Gasteiger partial charge in [-0.3, -0.25) is 14.8 Å². The average Bonchev–Trinajstić information content (AvgIpc) is 3.47. The molecule has 0 radical (unpaired) electrons. The minimum Gasteiger partial charge on any atom is -0.497 e. The summed E-state index contributed by atoms with van der Waals surface area (Å²) < 4.78 is 12.4. The number of nitrogens with one attached hydrogen (secondary N) is 1. The molecule has 3 heterocycles. The van der Waals surface area contributed by atoms with Crippen LogP contribution in [-0.2, 0) is 4.74 Å². The molecular formula is C24H25N5O3S. The molecule has 170 valence electrons. The zero-order valence-electron chi connectivity index (χ0n) is 18.7. The highest BCUT2D eigenvalue weighted by atomic mass is 32.1. The smallest absolute Gasteiger partial charge is 0.253 e. The Balaban J connectivity index is 1.74. The zero-order valence-corrected chi connectivity index (χ0v) is 19.6. The largest absolute Gasteiger partial charge is 0.497 e. The average molecular weight is 464 g/mol. The van der Waals surface area contributed by atoms with E-state index in [1.165, 1.54) is 11.3 Å². The molecule has 33 heavy (non-hydrogen) atoms. The number of hydrogen-bond acceptors (Lipinski definition) is 7. The summed E-state index contributed by atoms with van der Waals surface area (Å²) >= 11 is 1.49. The second-order valence-electron chi connectivity index (χ2n) is 7.29. The Morgan fingerprint density at radius 3 is 2.67 bits per heavy atom. The van der Waals surface area contributed by atoms with Crippen molar-refractivity contribution >= 4 is 17.2 Å². The van der Waals surface area contributed by atoms with Crippen molar-refractivity contribution in [2.45, 2.75) is 13.3 Å². The summed E-state index contributed by atoms with van der Waals surface area (Å²) in [7, 11) is 3.28. The standard InChI is InChI=1S/C24H25N5O3S/c1-16-19(23(30)27-9-4-12-31-2)13-22(29(16)17-5-7-18(32-3)8-6-17)21-15-33-24(28-21)20-14-25-10-11-26-20/h5-8,10-11,13-15H,4,9,12H2,1-3H3,(H,27,30). The van der Waals surface area contributed by atoms with Gasteiger partial charge >= 0.3 is 0 Å². The van der Waals surface area contributed by atoms with Crippen molar-refractivity contribution in [3.8, 4) is 33.5 Å². The zero-order chi connectivity index (χ0) is 23.2. The topological polar surface area (TPSA) is 91.2 Å². The maximum absolute atomic E-state index is 13.0. The molecule has 0 atom stereocenters. The number of carbonyl (C=O) groups is 1. The Labute approximate surface area is 196 Å². The number of aromatic nitrogens is 4. The number of nitrogens with zero attached hydrogens (tertiary/aromatic N) is 4. The van der Waals surface area contributed by atoms with Crippen molar-refractivity contribution in [3.63, 3.8) is 0 Å². The number of carbonyl (C=O) groups excluding carboxylic acids is 1. The van der Waals surface area contributed by atoms with E-state index in [4.69, 9.17) is 14.5 Å². The molecule has 0 aliphatic rings. The van der Waals surface area contributed by atoms with Gasteiger partial charge in [-0.1, -0.05) is 0 Å². The third kappa shape index (κ3) is 4.94. The lowest BCUT2D eigenvalue weighted by atomic mass is 10.2. The molecule has 0 aliphatic heterocycles. The predicted molar refractivity (Wildman–Crippen MR) is 128 cm³/mol. The van der Waals surface area contributed by atoms with Crippen molar-refractivity contribution in [1.29, 1.82) is 0 Å². The first-order valence-electron chi connectivity index (χ1n) is 10.5. The number of amides is 1. The van der Waals surface area contributed by atoms with Crippen LogP contribution in [0.5, 0.6) is 5.75 Å². The van der Waals surface area contributed by atoms with E-state index in [9.17, 15) is 4.79 Å². The molecular weight excluding hydrogens is 438 g/mol. The highest BCUT2D eigenvalue weighted by molar-refractivity contribution is 7.13. The molecule has 1 N–H and O–H groups in total. The highest BCUT2D eigenvalue weighted by Crippen LogP contribution is 2.33. The maximum atomic E-state index is 13.0. The van der Waals surface area contributed by atoms with Crippen molar-refractivity contribution in [1.82, 2.24) is 24.8 Å². The molecule has 4 aromatic rings. The van der Waals surface area contributed by atoms with Gasteiger partial charge in [0.2, 0.25) is 0 Å². The highest BCUT2D eigenvalue weighted by Gasteiger charge is 2.21. The molecule has 0 saturated carbocycles. The number of rotatable bonds is 9. The van der Waals surface area contributed by atoms with E-state index in [1.807, 2.05) is 47.2 Å². The fraction of sp³-hybridized carbons (Fsp3) is 0.250. The summed E-state index contributed by atoms with van der Waals surface area (Å²) in [6.07, 6.45) is 5.72. The molecule has 0 spiro atoms. The molecule has 1 aromatic carbocycles. The molecule has 0 fully saturated rings. The molecule has 0 saturated heterocycles.